The molecular formula is C10H8Cl2N2. The molecule has 2 nitrogen and oxygen atoms in total. The summed E-state index contributed by atoms with van der Waals surface area (Å²) in [5, 5.41) is 1.07. The summed E-state index contributed by atoms with van der Waals surface area (Å²) >= 11 is 11.9. The van der Waals surface area contributed by atoms with Gasteiger partial charge in [0.25, 0.3) is 0 Å². The number of rotatable bonds is 1. The largest absolute Gasteiger partial charge is 0.342 e. The zero-order chi connectivity index (χ0) is 10.1. The van der Waals surface area contributed by atoms with Crippen molar-refractivity contribution in [3.63, 3.8) is 0 Å². The van der Waals surface area contributed by atoms with Crippen LogP contribution in [0.15, 0.2) is 24.4 Å². The predicted molar refractivity (Wildman–Crippen MR) is 58.8 cm³/mol. The van der Waals surface area contributed by atoms with Gasteiger partial charge in [0, 0.05) is 17.5 Å². The molecule has 0 aliphatic carbocycles. The van der Waals surface area contributed by atoms with Gasteiger partial charge in [0.1, 0.15) is 5.82 Å². The van der Waals surface area contributed by atoms with E-state index in [1.807, 2.05) is 19.1 Å². The molecule has 4 heteroatoms. The van der Waals surface area contributed by atoms with Crippen LogP contribution in [0.3, 0.4) is 0 Å². The molecule has 0 aliphatic rings. The highest BCUT2D eigenvalue weighted by atomic mass is 35.5. The highest BCUT2D eigenvalue weighted by molar-refractivity contribution is 6.43. The molecule has 14 heavy (non-hydrogen) atoms. The lowest BCUT2D eigenvalue weighted by atomic mass is 10.2. The highest BCUT2D eigenvalue weighted by Crippen LogP contribution is 2.31. The molecule has 1 aromatic carbocycles. The molecule has 2 aromatic rings. The third-order valence-corrected chi connectivity index (χ3v) is 2.73. The first kappa shape index (κ1) is 9.56. The molecule has 0 saturated carbocycles. The van der Waals surface area contributed by atoms with E-state index in [0.29, 0.717) is 10.0 Å². The molecule has 1 heterocycles. The van der Waals surface area contributed by atoms with Gasteiger partial charge in [-0.25, -0.2) is 4.98 Å². The molecule has 72 valence electrons. The molecule has 1 aromatic heterocycles. The number of benzene rings is 1. The van der Waals surface area contributed by atoms with Crippen LogP contribution in [0.1, 0.15) is 5.69 Å². The lowest BCUT2D eigenvalue weighted by molar-refractivity contribution is 1.26. The van der Waals surface area contributed by atoms with Crippen molar-refractivity contribution in [1.29, 1.82) is 0 Å². The van der Waals surface area contributed by atoms with Crippen LogP contribution in [-0.2, 0) is 0 Å². The quantitative estimate of drug-likeness (QED) is 0.790. The third-order valence-electron chi connectivity index (χ3n) is 1.91. The fourth-order valence-corrected chi connectivity index (χ4v) is 1.63. The molecule has 0 unspecified atom stereocenters. The van der Waals surface area contributed by atoms with Crippen LogP contribution in [-0.4, -0.2) is 9.97 Å². The predicted octanol–water partition coefficient (Wildman–Crippen LogP) is 3.69. The Balaban J connectivity index is 2.57. The van der Waals surface area contributed by atoms with E-state index in [2.05, 4.69) is 9.97 Å². The minimum Gasteiger partial charge on any atom is -0.342 e. The van der Waals surface area contributed by atoms with Gasteiger partial charge in [-0.2, -0.15) is 0 Å². The number of nitrogens with zero attached hydrogens (tertiary/aromatic N) is 1. The molecule has 0 amide bonds. The number of hydrogen-bond acceptors (Lipinski definition) is 1. The van der Waals surface area contributed by atoms with Gasteiger partial charge in [-0.3, -0.25) is 0 Å². The number of nitrogens with one attached hydrogen (secondary N) is 1. The summed E-state index contributed by atoms with van der Waals surface area (Å²) in [5.74, 6) is 0.745. The van der Waals surface area contributed by atoms with Crippen molar-refractivity contribution in [3.05, 3.63) is 40.1 Å². The van der Waals surface area contributed by atoms with Gasteiger partial charge in [-0.05, 0) is 19.1 Å². The molecule has 0 atom stereocenters. The summed E-state index contributed by atoms with van der Waals surface area (Å²) in [6, 6.07) is 5.48. The van der Waals surface area contributed by atoms with Crippen LogP contribution in [0.5, 0.6) is 0 Å². The maximum absolute atomic E-state index is 6.05. The number of aromatic nitrogens is 2. The molecule has 1 N–H and O–H groups in total. The van der Waals surface area contributed by atoms with E-state index in [1.165, 1.54) is 0 Å². The molecule has 0 saturated heterocycles. The van der Waals surface area contributed by atoms with Crippen molar-refractivity contribution in [2.24, 2.45) is 0 Å². The first-order valence-corrected chi connectivity index (χ1v) is 4.90. The standard InChI is InChI=1S/C10H8Cl2N2/c1-6-5-13-10(14-6)7-3-2-4-8(11)9(7)12/h2-5H,1H3,(H,13,14). The number of hydrogen-bond donors (Lipinski definition) is 1. The smallest absolute Gasteiger partial charge is 0.139 e. The Kier molecular flexibility index (Phi) is 2.48. The molecule has 0 radical (unpaired) electrons. The van der Waals surface area contributed by atoms with Crippen molar-refractivity contribution in [2.45, 2.75) is 6.92 Å². The summed E-state index contributed by atoms with van der Waals surface area (Å²) in [7, 11) is 0. The van der Waals surface area contributed by atoms with Crippen molar-refractivity contribution < 1.29 is 0 Å². The third kappa shape index (κ3) is 1.63. The van der Waals surface area contributed by atoms with Crippen LogP contribution >= 0.6 is 23.2 Å². The van der Waals surface area contributed by atoms with Crippen molar-refractivity contribution in [3.8, 4) is 11.4 Å². The summed E-state index contributed by atoms with van der Waals surface area (Å²) in [4.78, 5) is 7.30. The second-order valence-corrected chi connectivity index (χ2v) is 3.80. The van der Waals surface area contributed by atoms with Gasteiger partial charge >= 0.3 is 0 Å². The van der Waals surface area contributed by atoms with Gasteiger partial charge < -0.3 is 4.98 Å². The zero-order valence-corrected chi connectivity index (χ0v) is 9.02. The van der Waals surface area contributed by atoms with Crippen LogP contribution < -0.4 is 0 Å². The molecular weight excluding hydrogens is 219 g/mol. The van der Waals surface area contributed by atoms with Gasteiger partial charge in [-0.1, -0.05) is 29.3 Å². The second kappa shape index (κ2) is 3.64. The lowest BCUT2D eigenvalue weighted by Crippen LogP contribution is -1.82. The Hall–Kier alpha value is -0.990. The zero-order valence-electron chi connectivity index (χ0n) is 7.51. The normalized spacial score (nSPS) is 10.5. The maximum Gasteiger partial charge on any atom is 0.139 e. The molecule has 0 aliphatic heterocycles. The fraction of sp³-hybridized carbons (Fsp3) is 0.100. The summed E-state index contributed by atoms with van der Waals surface area (Å²) < 4.78 is 0. The van der Waals surface area contributed by atoms with E-state index in [-0.39, 0.29) is 0 Å². The van der Waals surface area contributed by atoms with E-state index in [0.717, 1.165) is 17.1 Å². The van der Waals surface area contributed by atoms with Gasteiger partial charge in [0.15, 0.2) is 0 Å². The average molecular weight is 227 g/mol. The van der Waals surface area contributed by atoms with Crippen molar-refractivity contribution in [2.75, 3.05) is 0 Å². The number of halogens is 2. The van der Waals surface area contributed by atoms with Crippen LogP contribution in [0.4, 0.5) is 0 Å². The van der Waals surface area contributed by atoms with Gasteiger partial charge in [0.2, 0.25) is 0 Å². The van der Waals surface area contributed by atoms with E-state index in [4.69, 9.17) is 23.2 Å². The molecule has 0 spiro atoms. The number of H-pyrrole nitrogens is 1. The summed E-state index contributed by atoms with van der Waals surface area (Å²) in [5.41, 5.74) is 1.82. The van der Waals surface area contributed by atoms with Crippen molar-refractivity contribution >= 4 is 23.2 Å². The first-order valence-electron chi connectivity index (χ1n) is 4.14. The lowest BCUT2D eigenvalue weighted by Gasteiger charge is -2.01. The van der Waals surface area contributed by atoms with E-state index in [9.17, 15) is 0 Å². The second-order valence-electron chi connectivity index (χ2n) is 3.02. The molecule has 0 fully saturated rings. The van der Waals surface area contributed by atoms with E-state index >= 15 is 0 Å². The van der Waals surface area contributed by atoms with Crippen LogP contribution in [0.25, 0.3) is 11.4 Å². The summed E-state index contributed by atoms with van der Waals surface area (Å²) in [6.45, 7) is 1.94. The number of imidazole rings is 1. The molecule has 0 bridgehead atoms. The fourth-order valence-electron chi connectivity index (χ4n) is 1.24. The minimum atomic E-state index is 0.531. The van der Waals surface area contributed by atoms with Crippen LogP contribution in [0.2, 0.25) is 10.0 Å². The average Bonchev–Trinajstić information content (AvgIpc) is 2.57. The highest BCUT2D eigenvalue weighted by Gasteiger charge is 2.08. The Morgan fingerprint density at radius 3 is 2.71 bits per heavy atom. The number of aryl methyl sites for hydroxylation is 1. The SMILES string of the molecule is Cc1cnc(-c2cccc(Cl)c2Cl)[nH]1. The monoisotopic (exact) mass is 226 g/mol. The Bertz CT molecular complexity index is 463. The van der Waals surface area contributed by atoms with Gasteiger partial charge in [0.05, 0.1) is 10.0 Å². The van der Waals surface area contributed by atoms with Crippen molar-refractivity contribution in [1.82, 2.24) is 9.97 Å². The Labute approximate surface area is 91.9 Å². The maximum atomic E-state index is 6.05. The van der Waals surface area contributed by atoms with Gasteiger partial charge in [-0.15, -0.1) is 0 Å². The minimum absolute atomic E-state index is 0.531. The first-order chi connectivity index (χ1) is 6.68. The number of aromatic amines is 1. The van der Waals surface area contributed by atoms with E-state index in [1.54, 1.807) is 12.3 Å². The summed E-state index contributed by atoms with van der Waals surface area (Å²) in [6.07, 6.45) is 1.76. The molecule has 2 rings (SSSR count). The Morgan fingerprint density at radius 1 is 1.29 bits per heavy atom. The van der Waals surface area contributed by atoms with Crippen LogP contribution in [0, 0.1) is 6.92 Å². The Morgan fingerprint density at radius 2 is 2.07 bits per heavy atom. The van der Waals surface area contributed by atoms with E-state index < -0.39 is 0 Å². The topological polar surface area (TPSA) is 28.7 Å².